The smallest absolute Gasteiger partial charge is 0.237 e. The van der Waals surface area contributed by atoms with Gasteiger partial charge in [-0.15, -0.1) is 0 Å². The van der Waals surface area contributed by atoms with Gasteiger partial charge in [-0.3, -0.25) is 4.79 Å². The van der Waals surface area contributed by atoms with Crippen molar-refractivity contribution in [3.05, 3.63) is 18.2 Å². The van der Waals surface area contributed by atoms with Crippen LogP contribution in [0.25, 0.3) is 0 Å². The third-order valence-corrected chi connectivity index (χ3v) is 3.08. The summed E-state index contributed by atoms with van der Waals surface area (Å²) in [6.45, 7) is 1.19. The fourth-order valence-electron chi connectivity index (χ4n) is 1.94. The molecule has 1 fully saturated rings. The molecule has 94 valence electrons. The summed E-state index contributed by atoms with van der Waals surface area (Å²) in [6, 6.07) is -0.153. The number of amides is 1. The van der Waals surface area contributed by atoms with E-state index in [4.69, 9.17) is 4.74 Å². The molecule has 1 aromatic rings. The summed E-state index contributed by atoms with van der Waals surface area (Å²) in [7, 11) is 3.57. The van der Waals surface area contributed by atoms with E-state index in [0.717, 1.165) is 18.8 Å². The van der Waals surface area contributed by atoms with E-state index < -0.39 is 0 Å². The molecule has 2 unspecified atom stereocenters. The van der Waals surface area contributed by atoms with Gasteiger partial charge in [-0.1, -0.05) is 0 Å². The Morgan fingerprint density at radius 1 is 1.76 bits per heavy atom. The molecule has 6 heteroatoms. The van der Waals surface area contributed by atoms with Crippen LogP contribution in [-0.4, -0.2) is 41.3 Å². The lowest BCUT2D eigenvalue weighted by Crippen LogP contribution is -2.40. The lowest BCUT2D eigenvalue weighted by molar-refractivity contribution is -0.123. The zero-order valence-corrected chi connectivity index (χ0v) is 10.1. The number of ether oxygens (including phenoxy) is 1. The van der Waals surface area contributed by atoms with Gasteiger partial charge in [-0.2, -0.15) is 0 Å². The van der Waals surface area contributed by atoms with Crippen molar-refractivity contribution in [2.24, 2.45) is 7.05 Å². The number of methoxy groups -OCH3 is 1. The minimum atomic E-state index is -0.153. The van der Waals surface area contributed by atoms with Crippen molar-refractivity contribution in [3.63, 3.8) is 0 Å². The number of carbonyl (C=O) groups excluding carboxylic acids is 1. The molecule has 17 heavy (non-hydrogen) atoms. The molecule has 2 N–H and O–H groups in total. The Labute approximate surface area is 100 Å². The van der Waals surface area contributed by atoms with Gasteiger partial charge in [0.05, 0.1) is 18.7 Å². The van der Waals surface area contributed by atoms with Gasteiger partial charge in [0.1, 0.15) is 5.82 Å². The number of aryl methyl sites for hydroxylation is 1. The molecule has 6 nitrogen and oxygen atoms in total. The van der Waals surface area contributed by atoms with Gasteiger partial charge < -0.3 is 19.9 Å². The van der Waals surface area contributed by atoms with Crippen molar-refractivity contribution in [1.29, 1.82) is 0 Å². The second-order valence-corrected chi connectivity index (χ2v) is 4.23. The second-order valence-electron chi connectivity index (χ2n) is 4.23. The van der Waals surface area contributed by atoms with Crippen LogP contribution in [0.3, 0.4) is 0 Å². The summed E-state index contributed by atoms with van der Waals surface area (Å²) >= 11 is 0. The largest absolute Gasteiger partial charge is 0.380 e. The minimum Gasteiger partial charge on any atom is -0.380 e. The van der Waals surface area contributed by atoms with Crippen LogP contribution >= 0.6 is 0 Å². The number of imidazole rings is 1. The lowest BCUT2D eigenvalue weighted by atomic mass is 10.2. The maximum atomic E-state index is 11.8. The van der Waals surface area contributed by atoms with Gasteiger partial charge in [0.15, 0.2) is 0 Å². The first-order valence-corrected chi connectivity index (χ1v) is 5.70. The topological polar surface area (TPSA) is 68.2 Å². The molecule has 1 aliphatic rings. The lowest BCUT2D eigenvalue weighted by Gasteiger charge is -2.11. The highest BCUT2D eigenvalue weighted by atomic mass is 16.5. The van der Waals surface area contributed by atoms with Gasteiger partial charge in [-0.05, 0) is 6.42 Å². The van der Waals surface area contributed by atoms with E-state index in [-0.39, 0.29) is 18.1 Å². The Balaban J connectivity index is 1.80. The Bertz CT molecular complexity index is 391. The van der Waals surface area contributed by atoms with E-state index in [0.29, 0.717) is 6.54 Å². The summed E-state index contributed by atoms with van der Waals surface area (Å²) in [6.07, 6.45) is 4.44. The molecule has 0 spiro atoms. The highest BCUT2D eigenvalue weighted by molar-refractivity contribution is 5.82. The molecular formula is C11H18N4O2. The quantitative estimate of drug-likeness (QED) is 0.736. The molecule has 0 aromatic carbocycles. The van der Waals surface area contributed by atoms with Crippen LogP contribution in [0.2, 0.25) is 0 Å². The van der Waals surface area contributed by atoms with Crippen molar-refractivity contribution in [2.45, 2.75) is 25.1 Å². The third kappa shape index (κ3) is 2.83. The summed E-state index contributed by atoms with van der Waals surface area (Å²) in [4.78, 5) is 16.0. The first-order valence-electron chi connectivity index (χ1n) is 5.70. The number of aromatic nitrogens is 2. The predicted molar refractivity (Wildman–Crippen MR) is 62.3 cm³/mol. The van der Waals surface area contributed by atoms with Crippen LogP contribution in [0.5, 0.6) is 0 Å². The van der Waals surface area contributed by atoms with Crippen LogP contribution in [0, 0.1) is 0 Å². The first-order chi connectivity index (χ1) is 8.20. The highest BCUT2D eigenvalue weighted by Gasteiger charge is 2.29. The average molecular weight is 238 g/mol. The average Bonchev–Trinajstić information content (AvgIpc) is 2.94. The molecule has 0 radical (unpaired) electrons. The fraction of sp³-hybridized carbons (Fsp3) is 0.636. The second kappa shape index (κ2) is 5.29. The van der Waals surface area contributed by atoms with Gasteiger partial charge in [0, 0.05) is 33.1 Å². The normalized spacial score (nSPS) is 23.9. The zero-order valence-electron chi connectivity index (χ0n) is 10.1. The van der Waals surface area contributed by atoms with Crippen LogP contribution in [-0.2, 0) is 23.1 Å². The monoisotopic (exact) mass is 238 g/mol. The zero-order chi connectivity index (χ0) is 12.3. The molecule has 0 aliphatic carbocycles. The van der Waals surface area contributed by atoms with E-state index >= 15 is 0 Å². The number of hydrogen-bond acceptors (Lipinski definition) is 4. The maximum absolute atomic E-state index is 11.8. The first kappa shape index (κ1) is 12.1. The van der Waals surface area contributed by atoms with Gasteiger partial charge >= 0.3 is 0 Å². The van der Waals surface area contributed by atoms with Crippen LogP contribution in [0.1, 0.15) is 12.2 Å². The van der Waals surface area contributed by atoms with E-state index in [2.05, 4.69) is 15.6 Å². The van der Waals surface area contributed by atoms with Crippen molar-refractivity contribution in [1.82, 2.24) is 20.2 Å². The van der Waals surface area contributed by atoms with Crippen molar-refractivity contribution < 1.29 is 9.53 Å². The third-order valence-electron chi connectivity index (χ3n) is 3.08. The molecular weight excluding hydrogens is 220 g/mol. The van der Waals surface area contributed by atoms with Crippen LogP contribution < -0.4 is 10.6 Å². The number of nitrogens with zero attached hydrogens (tertiary/aromatic N) is 2. The Hall–Kier alpha value is -1.40. The number of hydrogen-bond donors (Lipinski definition) is 2. The van der Waals surface area contributed by atoms with Gasteiger partial charge in [-0.25, -0.2) is 4.98 Å². The van der Waals surface area contributed by atoms with Crippen LogP contribution in [0.15, 0.2) is 12.4 Å². The Morgan fingerprint density at radius 3 is 3.18 bits per heavy atom. The number of nitrogens with one attached hydrogen (secondary N) is 2. The Kier molecular flexibility index (Phi) is 3.75. The van der Waals surface area contributed by atoms with E-state index in [1.54, 1.807) is 13.3 Å². The molecule has 2 atom stereocenters. The molecule has 0 saturated carbocycles. The predicted octanol–water partition coefficient (Wildman–Crippen LogP) is -0.587. The molecule has 2 rings (SSSR count). The minimum absolute atomic E-state index is 0.00699. The highest BCUT2D eigenvalue weighted by Crippen LogP contribution is 2.09. The fourth-order valence-corrected chi connectivity index (χ4v) is 1.94. The number of rotatable bonds is 4. The summed E-state index contributed by atoms with van der Waals surface area (Å²) < 4.78 is 7.09. The molecule has 1 aliphatic heterocycles. The number of carbonyl (C=O) groups is 1. The van der Waals surface area contributed by atoms with E-state index in [9.17, 15) is 4.79 Å². The van der Waals surface area contributed by atoms with E-state index in [1.165, 1.54) is 0 Å². The van der Waals surface area contributed by atoms with Gasteiger partial charge in [0.25, 0.3) is 0 Å². The SMILES string of the molecule is COC1CNC(C(=O)NCc2nccn2C)C1. The molecule has 2 heterocycles. The maximum Gasteiger partial charge on any atom is 0.237 e. The van der Waals surface area contributed by atoms with Crippen LogP contribution in [0.4, 0.5) is 0 Å². The summed E-state index contributed by atoms with van der Waals surface area (Å²) in [5, 5.41) is 6.01. The van der Waals surface area contributed by atoms with E-state index in [1.807, 2.05) is 17.8 Å². The standard InChI is InChI=1S/C11H18N4O2/c1-15-4-3-12-10(15)7-14-11(16)9-5-8(17-2)6-13-9/h3-4,8-9,13H,5-7H2,1-2H3,(H,14,16). The Morgan fingerprint density at radius 2 is 2.59 bits per heavy atom. The summed E-state index contributed by atoms with van der Waals surface area (Å²) in [5.41, 5.74) is 0. The van der Waals surface area contributed by atoms with Crippen molar-refractivity contribution in [3.8, 4) is 0 Å². The summed E-state index contributed by atoms with van der Waals surface area (Å²) in [5.74, 6) is 0.854. The molecule has 0 bridgehead atoms. The van der Waals surface area contributed by atoms with Gasteiger partial charge in [0.2, 0.25) is 5.91 Å². The molecule has 1 aromatic heterocycles. The van der Waals surface area contributed by atoms with Crippen molar-refractivity contribution >= 4 is 5.91 Å². The molecule has 1 amide bonds. The van der Waals surface area contributed by atoms with Crippen molar-refractivity contribution in [2.75, 3.05) is 13.7 Å². The molecule has 1 saturated heterocycles.